The van der Waals surface area contributed by atoms with Crippen molar-refractivity contribution in [3.8, 4) is 0 Å². The number of benzene rings is 2. The fraction of sp³-hybridized carbons (Fsp3) is 0.250. The summed E-state index contributed by atoms with van der Waals surface area (Å²) in [5.74, 6) is -0.247. The van der Waals surface area contributed by atoms with Crippen LogP contribution < -0.4 is 10.6 Å². The highest BCUT2D eigenvalue weighted by Gasteiger charge is 2.10. The van der Waals surface area contributed by atoms with E-state index in [9.17, 15) is 4.39 Å². The van der Waals surface area contributed by atoms with Crippen LogP contribution in [-0.4, -0.2) is 14.1 Å². The van der Waals surface area contributed by atoms with Crippen LogP contribution in [0.15, 0.2) is 46.9 Å². The molecule has 20 heavy (non-hydrogen) atoms. The smallest absolute Gasteiger partial charge is 0.124 e. The molecule has 0 aromatic heterocycles. The first-order valence-electron chi connectivity index (χ1n) is 6.43. The summed E-state index contributed by atoms with van der Waals surface area (Å²) in [6.45, 7) is 0. The van der Waals surface area contributed by atoms with Gasteiger partial charge >= 0.3 is 0 Å². The first kappa shape index (κ1) is 15.0. The normalized spacial score (nSPS) is 12.2. The second kappa shape index (κ2) is 6.37. The second-order valence-corrected chi connectivity index (χ2v) is 5.99. The molecule has 106 valence electrons. The number of hydrogen-bond acceptors (Lipinski definition) is 2. The average molecular weight is 337 g/mol. The van der Waals surface area contributed by atoms with E-state index in [1.54, 1.807) is 0 Å². The van der Waals surface area contributed by atoms with Crippen molar-refractivity contribution in [2.24, 2.45) is 5.73 Å². The highest BCUT2D eigenvalue weighted by molar-refractivity contribution is 9.10. The molecule has 0 aliphatic carbocycles. The van der Waals surface area contributed by atoms with Crippen LogP contribution in [0, 0.1) is 5.82 Å². The fourth-order valence-electron chi connectivity index (χ4n) is 2.13. The Bertz CT molecular complexity index is 579. The maximum atomic E-state index is 13.4. The zero-order chi connectivity index (χ0) is 14.7. The standard InChI is InChI=1S/C16H18BrFN2/c1-20(2)15-5-3-4-12(9-15)16(19)8-11-6-13(17)10-14(18)7-11/h3-7,9-10,16H,8,19H2,1-2H3. The molecule has 2 aromatic carbocycles. The fourth-order valence-corrected chi connectivity index (χ4v) is 2.65. The number of hydrogen-bond donors (Lipinski definition) is 1. The van der Waals surface area contributed by atoms with Crippen LogP contribution >= 0.6 is 15.9 Å². The van der Waals surface area contributed by atoms with Gasteiger partial charge in [-0.3, -0.25) is 0 Å². The quantitative estimate of drug-likeness (QED) is 0.917. The van der Waals surface area contributed by atoms with Gasteiger partial charge in [0.25, 0.3) is 0 Å². The summed E-state index contributed by atoms with van der Waals surface area (Å²) in [6, 6.07) is 12.8. The third-order valence-electron chi connectivity index (χ3n) is 3.19. The van der Waals surface area contributed by atoms with Gasteiger partial charge in [-0.2, -0.15) is 0 Å². The Balaban J connectivity index is 2.19. The molecule has 0 saturated heterocycles. The van der Waals surface area contributed by atoms with E-state index in [0.29, 0.717) is 6.42 Å². The van der Waals surface area contributed by atoms with E-state index in [1.165, 1.54) is 12.1 Å². The van der Waals surface area contributed by atoms with Gasteiger partial charge in [0.2, 0.25) is 0 Å². The average Bonchev–Trinajstić information content (AvgIpc) is 2.37. The van der Waals surface area contributed by atoms with Gasteiger partial charge in [0.1, 0.15) is 5.82 Å². The number of nitrogens with zero attached hydrogens (tertiary/aromatic N) is 1. The van der Waals surface area contributed by atoms with Crippen molar-refractivity contribution < 1.29 is 4.39 Å². The van der Waals surface area contributed by atoms with E-state index in [-0.39, 0.29) is 11.9 Å². The van der Waals surface area contributed by atoms with Gasteiger partial charge in [-0.1, -0.05) is 28.1 Å². The van der Waals surface area contributed by atoms with Gasteiger partial charge in [-0.25, -0.2) is 4.39 Å². The lowest BCUT2D eigenvalue weighted by Crippen LogP contribution is -2.15. The number of halogens is 2. The van der Waals surface area contributed by atoms with E-state index < -0.39 is 0 Å². The molecule has 0 heterocycles. The molecule has 0 fully saturated rings. The van der Waals surface area contributed by atoms with Gasteiger partial charge in [-0.15, -0.1) is 0 Å². The number of anilines is 1. The summed E-state index contributed by atoms with van der Waals surface area (Å²) >= 11 is 3.30. The van der Waals surface area contributed by atoms with Crippen molar-refractivity contribution in [3.63, 3.8) is 0 Å². The Hall–Kier alpha value is -1.39. The third kappa shape index (κ3) is 3.81. The molecule has 2 aromatic rings. The summed E-state index contributed by atoms with van der Waals surface area (Å²) in [5.41, 5.74) is 9.29. The molecule has 0 spiro atoms. The molecular weight excluding hydrogens is 319 g/mol. The Labute approximate surface area is 127 Å². The molecule has 0 saturated carbocycles. The summed E-state index contributed by atoms with van der Waals surface area (Å²) in [5, 5.41) is 0. The Morgan fingerprint density at radius 3 is 2.60 bits per heavy atom. The van der Waals surface area contributed by atoms with Crippen molar-refractivity contribution in [2.45, 2.75) is 12.5 Å². The lowest BCUT2D eigenvalue weighted by molar-refractivity contribution is 0.621. The van der Waals surface area contributed by atoms with Crippen molar-refractivity contribution in [1.29, 1.82) is 0 Å². The second-order valence-electron chi connectivity index (χ2n) is 5.08. The lowest BCUT2D eigenvalue weighted by atomic mass is 9.99. The van der Waals surface area contributed by atoms with E-state index in [1.807, 2.05) is 43.3 Å². The Morgan fingerprint density at radius 2 is 1.95 bits per heavy atom. The van der Waals surface area contributed by atoms with Gasteiger partial charge in [0, 0.05) is 30.3 Å². The minimum absolute atomic E-state index is 0.149. The largest absolute Gasteiger partial charge is 0.378 e. The first-order valence-corrected chi connectivity index (χ1v) is 7.23. The molecule has 0 bridgehead atoms. The van der Waals surface area contributed by atoms with Crippen molar-refractivity contribution in [3.05, 3.63) is 63.9 Å². The maximum absolute atomic E-state index is 13.4. The minimum Gasteiger partial charge on any atom is -0.378 e. The zero-order valence-corrected chi connectivity index (χ0v) is 13.2. The molecule has 1 atom stereocenters. The predicted molar refractivity (Wildman–Crippen MR) is 85.5 cm³/mol. The SMILES string of the molecule is CN(C)c1cccc(C(N)Cc2cc(F)cc(Br)c2)c1. The van der Waals surface area contributed by atoms with E-state index in [2.05, 4.69) is 22.0 Å². The Kier molecular flexibility index (Phi) is 4.78. The molecule has 4 heteroatoms. The molecule has 0 radical (unpaired) electrons. The van der Waals surface area contributed by atoms with Crippen LogP contribution in [0.4, 0.5) is 10.1 Å². The van der Waals surface area contributed by atoms with Crippen molar-refractivity contribution in [1.82, 2.24) is 0 Å². The van der Waals surface area contributed by atoms with E-state index in [4.69, 9.17) is 5.73 Å². The van der Waals surface area contributed by atoms with Gasteiger partial charge in [-0.05, 0) is 47.9 Å². The third-order valence-corrected chi connectivity index (χ3v) is 3.65. The molecular formula is C16H18BrFN2. The molecule has 2 N–H and O–H groups in total. The maximum Gasteiger partial charge on any atom is 0.124 e. The summed E-state index contributed by atoms with van der Waals surface area (Å²) < 4.78 is 14.1. The number of rotatable bonds is 4. The van der Waals surface area contributed by atoms with Crippen LogP contribution in [0.2, 0.25) is 0 Å². The van der Waals surface area contributed by atoms with E-state index in [0.717, 1.165) is 21.3 Å². The van der Waals surface area contributed by atoms with Crippen molar-refractivity contribution in [2.75, 3.05) is 19.0 Å². The summed E-state index contributed by atoms with van der Waals surface area (Å²) in [6.07, 6.45) is 0.604. The van der Waals surface area contributed by atoms with Crippen LogP contribution in [-0.2, 0) is 6.42 Å². The molecule has 0 amide bonds. The molecule has 1 unspecified atom stereocenters. The molecule has 2 rings (SSSR count). The molecule has 2 nitrogen and oxygen atoms in total. The molecule has 0 aliphatic heterocycles. The van der Waals surface area contributed by atoms with Crippen LogP contribution in [0.3, 0.4) is 0 Å². The summed E-state index contributed by atoms with van der Waals surface area (Å²) in [4.78, 5) is 2.04. The van der Waals surface area contributed by atoms with Crippen LogP contribution in [0.1, 0.15) is 17.2 Å². The Morgan fingerprint density at radius 1 is 1.20 bits per heavy atom. The first-order chi connectivity index (χ1) is 9.45. The summed E-state index contributed by atoms with van der Waals surface area (Å²) in [7, 11) is 3.99. The van der Waals surface area contributed by atoms with Crippen LogP contribution in [0.5, 0.6) is 0 Å². The van der Waals surface area contributed by atoms with Crippen LogP contribution in [0.25, 0.3) is 0 Å². The van der Waals surface area contributed by atoms with Gasteiger partial charge in [0.15, 0.2) is 0 Å². The monoisotopic (exact) mass is 336 g/mol. The molecule has 0 aliphatic rings. The van der Waals surface area contributed by atoms with Crippen molar-refractivity contribution >= 4 is 21.6 Å². The highest BCUT2D eigenvalue weighted by atomic mass is 79.9. The van der Waals surface area contributed by atoms with Gasteiger partial charge in [0.05, 0.1) is 0 Å². The number of nitrogens with two attached hydrogens (primary N) is 1. The lowest BCUT2D eigenvalue weighted by Gasteiger charge is -2.17. The minimum atomic E-state index is -0.247. The highest BCUT2D eigenvalue weighted by Crippen LogP contribution is 2.23. The zero-order valence-electron chi connectivity index (χ0n) is 11.6. The van der Waals surface area contributed by atoms with E-state index >= 15 is 0 Å². The van der Waals surface area contributed by atoms with Gasteiger partial charge < -0.3 is 10.6 Å². The topological polar surface area (TPSA) is 29.3 Å². The predicted octanol–water partition coefficient (Wildman–Crippen LogP) is 3.90.